The van der Waals surface area contributed by atoms with Gasteiger partial charge in [-0.2, -0.15) is 0 Å². The van der Waals surface area contributed by atoms with Crippen LogP contribution in [-0.4, -0.2) is 9.55 Å². The van der Waals surface area contributed by atoms with Crippen LogP contribution in [0.5, 0.6) is 0 Å². The van der Waals surface area contributed by atoms with E-state index in [4.69, 9.17) is 4.42 Å². The first-order chi connectivity index (χ1) is 8.63. The second-order valence-electron chi connectivity index (χ2n) is 4.81. The lowest BCUT2D eigenvalue weighted by Gasteiger charge is -2.04. The Labute approximate surface area is 106 Å². The first-order valence-electron chi connectivity index (χ1n) is 6.11. The zero-order chi connectivity index (χ0) is 12.7. The number of aryl methyl sites for hydroxylation is 3. The highest BCUT2D eigenvalue weighted by Gasteiger charge is 2.07. The van der Waals surface area contributed by atoms with E-state index in [-0.39, 0.29) is 0 Å². The number of fused-ring (bicyclic) bond motifs is 1. The maximum atomic E-state index is 5.61. The van der Waals surface area contributed by atoms with Gasteiger partial charge in [0.1, 0.15) is 11.5 Å². The van der Waals surface area contributed by atoms with Gasteiger partial charge in [-0.05, 0) is 56.2 Å². The molecule has 0 spiro atoms. The summed E-state index contributed by atoms with van der Waals surface area (Å²) in [6, 6.07) is 8.33. The van der Waals surface area contributed by atoms with Crippen molar-refractivity contribution in [2.75, 3.05) is 0 Å². The molecule has 3 heteroatoms. The Balaban J connectivity index is 2.04. The van der Waals surface area contributed by atoms with Crippen LogP contribution in [0.4, 0.5) is 0 Å². The summed E-state index contributed by atoms with van der Waals surface area (Å²) >= 11 is 0. The zero-order valence-corrected chi connectivity index (χ0v) is 10.9. The minimum atomic E-state index is 0.729. The first-order valence-corrected chi connectivity index (χ1v) is 6.11. The molecule has 0 aliphatic rings. The van der Waals surface area contributed by atoms with Gasteiger partial charge in [-0.3, -0.25) is 0 Å². The Hall–Kier alpha value is -2.03. The summed E-state index contributed by atoms with van der Waals surface area (Å²) in [7, 11) is 0. The van der Waals surface area contributed by atoms with Gasteiger partial charge in [0.05, 0.1) is 23.9 Å². The van der Waals surface area contributed by atoms with Crippen LogP contribution in [0.15, 0.2) is 35.0 Å². The molecule has 0 saturated carbocycles. The number of rotatable bonds is 2. The fourth-order valence-corrected chi connectivity index (χ4v) is 2.18. The molecule has 3 nitrogen and oxygen atoms in total. The van der Waals surface area contributed by atoms with Gasteiger partial charge in [-0.25, -0.2) is 4.98 Å². The molecular formula is C15H16N2O. The lowest BCUT2D eigenvalue weighted by molar-refractivity contribution is 0.472. The molecular weight excluding hydrogens is 224 g/mol. The number of aromatic nitrogens is 2. The molecule has 92 valence electrons. The minimum Gasteiger partial charge on any atom is -0.464 e. The standard InChI is InChI=1S/C15H16N2O/c1-10-6-14-15(7-11(10)2)17(9-16-14)8-13-5-4-12(3)18-13/h4-7,9H,8H2,1-3H3. The summed E-state index contributed by atoms with van der Waals surface area (Å²) < 4.78 is 7.74. The molecule has 0 saturated heterocycles. The first kappa shape index (κ1) is 11.1. The summed E-state index contributed by atoms with van der Waals surface area (Å²) in [5.41, 5.74) is 4.77. The highest BCUT2D eigenvalue weighted by atomic mass is 16.3. The molecule has 0 bridgehead atoms. The van der Waals surface area contributed by atoms with E-state index in [0.717, 1.165) is 29.1 Å². The Kier molecular flexibility index (Phi) is 2.47. The molecule has 2 heterocycles. The van der Waals surface area contributed by atoms with Crippen molar-refractivity contribution in [3.8, 4) is 0 Å². The van der Waals surface area contributed by atoms with Gasteiger partial charge in [0.15, 0.2) is 0 Å². The maximum absolute atomic E-state index is 5.61. The van der Waals surface area contributed by atoms with Crippen LogP contribution in [-0.2, 0) is 6.54 Å². The van der Waals surface area contributed by atoms with E-state index in [2.05, 4.69) is 35.5 Å². The van der Waals surface area contributed by atoms with Gasteiger partial charge in [-0.15, -0.1) is 0 Å². The van der Waals surface area contributed by atoms with Crippen LogP contribution in [0.2, 0.25) is 0 Å². The fraction of sp³-hybridized carbons (Fsp3) is 0.267. The van der Waals surface area contributed by atoms with Gasteiger partial charge in [0.2, 0.25) is 0 Å². The van der Waals surface area contributed by atoms with Crippen molar-refractivity contribution < 1.29 is 4.42 Å². The summed E-state index contributed by atoms with van der Waals surface area (Å²) in [4.78, 5) is 4.44. The van der Waals surface area contributed by atoms with Gasteiger partial charge in [0, 0.05) is 0 Å². The van der Waals surface area contributed by atoms with Gasteiger partial charge in [-0.1, -0.05) is 0 Å². The predicted molar refractivity (Wildman–Crippen MR) is 71.8 cm³/mol. The second-order valence-corrected chi connectivity index (χ2v) is 4.81. The molecule has 3 rings (SSSR count). The SMILES string of the molecule is Cc1ccc(Cn2cnc3cc(C)c(C)cc32)o1. The van der Waals surface area contributed by atoms with E-state index in [1.807, 2.05) is 25.4 Å². The summed E-state index contributed by atoms with van der Waals surface area (Å²) in [5, 5.41) is 0. The molecule has 0 radical (unpaired) electrons. The maximum Gasteiger partial charge on any atom is 0.123 e. The van der Waals surface area contributed by atoms with Crippen LogP contribution in [0.1, 0.15) is 22.6 Å². The second kappa shape index (κ2) is 4.02. The molecule has 0 aliphatic heterocycles. The monoisotopic (exact) mass is 240 g/mol. The Morgan fingerprint density at radius 1 is 1.11 bits per heavy atom. The molecule has 0 N–H and O–H groups in total. The molecule has 0 atom stereocenters. The number of nitrogens with zero attached hydrogens (tertiary/aromatic N) is 2. The highest BCUT2D eigenvalue weighted by molar-refractivity contribution is 5.77. The Morgan fingerprint density at radius 3 is 2.61 bits per heavy atom. The van der Waals surface area contributed by atoms with Crippen molar-refractivity contribution in [1.29, 1.82) is 0 Å². The summed E-state index contributed by atoms with van der Waals surface area (Å²) in [5.74, 6) is 1.91. The molecule has 0 aliphatic carbocycles. The molecule has 2 aromatic heterocycles. The summed E-state index contributed by atoms with van der Waals surface area (Å²) in [6.07, 6.45) is 1.88. The van der Waals surface area contributed by atoms with Crippen molar-refractivity contribution in [3.63, 3.8) is 0 Å². The summed E-state index contributed by atoms with van der Waals surface area (Å²) in [6.45, 7) is 6.93. The minimum absolute atomic E-state index is 0.729. The van der Waals surface area contributed by atoms with Crippen LogP contribution in [0.3, 0.4) is 0 Å². The number of benzene rings is 1. The smallest absolute Gasteiger partial charge is 0.123 e. The normalized spacial score (nSPS) is 11.3. The average Bonchev–Trinajstić information content (AvgIpc) is 2.89. The molecule has 0 unspecified atom stereocenters. The van der Waals surface area contributed by atoms with Gasteiger partial charge in [0.25, 0.3) is 0 Å². The van der Waals surface area contributed by atoms with Crippen LogP contribution < -0.4 is 0 Å². The highest BCUT2D eigenvalue weighted by Crippen LogP contribution is 2.19. The lowest BCUT2D eigenvalue weighted by Crippen LogP contribution is -1.96. The van der Waals surface area contributed by atoms with Gasteiger partial charge >= 0.3 is 0 Å². The molecule has 0 amide bonds. The zero-order valence-electron chi connectivity index (χ0n) is 10.9. The fourth-order valence-electron chi connectivity index (χ4n) is 2.18. The predicted octanol–water partition coefficient (Wildman–Crippen LogP) is 3.60. The van der Waals surface area contributed by atoms with Crippen LogP contribution >= 0.6 is 0 Å². The quantitative estimate of drug-likeness (QED) is 0.685. The van der Waals surface area contributed by atoms with Crippen molar-refractivity contribution in [2.45, 2.75) is 27.3 Å². The van der Waals surface area contributed by atoms with Crippen LogP contribution in [0.25, 0.3) is 11.0 Å². The third-order valence-corrected chi connectivity index (χ3v) is 3.36. The number of hydrogen-bond donors (Lipinski definition) is 0. The third-order valence-electron chi connectivity index (χ3n) is 3.36. The molecule has 18 heavy (non-hydrogen) atoms. The Bertz CT molecular complexity index is 706. The molecule has 3 aromatic rings. The van der Waals surface area contributed by atoms with Crippen molar-refractivity contribution in [3.05, 3.63) is 53.2 Å². The van der Waals surface area contributed by atoms with E-state index in [1.165, 1.54) is 11.1 Å². The third kappa shape index (κ3) is 1.82. The van der Waals surface area contributed by atoms with Crippen molar-refractivity contribution in [2.24, 2.45) is 0 Å². The van der Waals surface area contributed by atoms with Crippen LogP contribution in [0, 0.1) is 20.8 Å². The Morgan fingerprint density at radius 2 is 1.89 bits per heavy atom. The van der Waals surface area contributed by atoms with Crippen molar-refractivity contribution >= 4 is 11.0 Å². The van der Waals surface area contributed by atoms with E-state index in [0.29, 0.717) is 0 Å². The van der Waals surface area contributed by atoms with Gasteiger partial charge < -0.3 is 8.98 Å². The van der Waals surface area contributed by atoms with Crippen molar-refractivity contribution in [1.82, 2.24) is 9.55 Å². The largest absolute Gasteiger partial charge is 0.464 e. The number of hydrogen-bond acceptors (Lipinski definition) is 2. The number of imidazole rings is 1. The average molecular weight is 240 g/mol. The topological polar surface area (TPSA) is 31.0 Å². The number of furan rings is 1. The molecule has 0 fully saturated rings. The lowest BCUT2D eigenvalue weighted by atomic mass is 10.1. The van der Waals surface area contributed by atoms with E-state index in [9.17, 15) is 0 Å². The van der Waals surface area contributed by atoms with E-state index >= 15 is 0 Å². The molecule has 1 aromatic carbocycles. The van der Waals surface area contributed by atoms with E-state index < -0.39 is 0 Å². The van der Waals surface area contributed by atoms with E-state index in [1.54, 1.807) is 0 Å².